The molecule has 33 heavy (non-hydrogen) atoms. The van der Waals surface area contributed by atoms with E-state index in [1.165, 1.54) is 37.7 Å². The summed E-state index contributed by atoms with van der Waals surface area (Å²) in [5.74, 6) is 0.584. The van der Waals surface area contributed by atoms with E-state index in [0.29, 0.717) is 24.7 Å². The molecule has 0 unspecified atom stereocenters. The molecule has 0 aromatic carbocycles. The molecule has 3 saturated carbocycles. The molecule has 0 bridgehead atoms. The number of allylic oxidation sites excluding steroid dienone is 1. The molecule has 186 valence electrons. The lowest BCUT2D eigenvalue weighted by Gasteiger charge is -2.57. The minimum atomic E-state index is -1.87. The summed E-state index contributed by atoms with van der Waals surface area (Å²) >= 11 is 0. The minimum absolute atomic E-state index is 0.00532. The summed E-state index contributed by atoms with van der Waals surface area (Å²) in [6.45, 7) is 6.55. The fraction of sp³-hybridized carbons (Fsp3) is 0.867. The van der Waals surface area contributed by atoms with E-state index < -0.39 is 23.8 Å². The van der Waals surface area contributed by atoms with Gasteiger partial charge in [0.05, 0.1) is 1.37 Å². The normalized spacial score (nSPS) is 42.8. The molecule has 4 rings (SSSR count). The lowest BCUT2D eigenvalue weighted by Crippen LogP contribution is -2.51. The average molecular weight is 460 g/mol. The van der Waals surface area contributed by atoms with Gasteiger partial charge < -0.3 is 4.74 Å². The van der Waals surface area contributed by atoms with E-state index >= 15 is 0 Å². The summed E-state index contributed by atoms with van der Waals surface area (Å²) in [7, 11) is 0. The number of carbonyl (C=O) groups excluding carboxylic acids is 2. The Morgan fingerprint density at radius 1 is 1.03 bits per heavy atom. The number of hydrogen-bond acceptors (Lipinski definition) is 3. The number of rotatable bonds is 10. The van der Waals surface area contributed by atoms with Gasteiger partial charge in [0.15, 0.2) is 5.78 Å². The summed E-state index contributed by atoms with van der Waals surface area (Å²) < 4.78 is 33.0. The highest BCUT2D eigenvalue weighted by Gasteiger charge is 2.59. The van der Waals surface area contributed by atoms with Crippen molar-refractivity contribution in [3.63, 3.8) is 0 Å². The summed E-state index contributed by atoms with van der Waals surface area (Å²) in [4.78, 5) is 25.0. The first-order valence-electron chi connectivity index (χ1n) is 15.4. The molecule has 3 fully saturated rings. The minimum Gasteiger partial charge on any atom is -0.462 e. The third-order valence-electron chi connectivity index (χ3n) is 9.80. The van der Waals surface area contributed by atoms with Crippen LogP contribution < -0.4 is 0 Å². The number of esters is 1. The Kier molecular flexibility index (Phi) is 6.84. The number of ether oxygens (including phenoxy) is 1. The van der Waals surface area contributed by atoms with Crippen LogP contribution in [0.5, 0.6) is 0 Å². The van der Waals surface area contributed by atoms with Gasteiger partial charge in [-0.25, -0.2) is 0 Å². The smallest absolute Gasteiger partial charge is 0.306 e. The van der Waals surface area contributed by atoms with Crippen LogP contribution in [0.15, 0.2) is 11.6 Å². The van der Waals surface area contributed by atoms with Crippen LogP contribution in [0, 0.1) is 28.6 Å². The van der Waals surface area contributed by atoms with Crippen LogP contribution in [0.3, 0.4) is 0 Å². The van der Waals surface area contributed by atoms with Crippen molar-refractivity contribution < 1.29 is 18.4 Å². The highest BCUT2D eigenvalue weighted by Crippen LogP contribution is 2.65. The molecular formula is C30H48O3. The zero-order valence-electron chi connectivity index (χ0n) is 24.3. The first-order valence-corrected chi connectivity index (χ1v) is 13.9. The third-order valence-corrected chi connectivity index (χ3v) is 9.80. The zero-order chi connectivity index (χ0) is 26.2. The van der Waals surface area contributed by atoms with Gasteiger partial charge in [-0.15, -0.1) is 0 Å². The van der Waals surface area contributed by atoms with Gasteiger partial charge in [0.25, 0.3) is 0 Å². The maximum Gasteiger partial charge on any atom is 0.306 e. The second-order valence-corrected chi connectivity index (χ2v) is 11.8. The maximum absolute atomic E-state index is 12.9. The lowest BCUT2D eigenvalue weighted by molar-refractivity contribution is -0.160. The van der Waals surface area contributed by atoms with Gasteiger partial charge in [-0.1, -0.05) is 71.3 Å². The van der Waals surface area contributed by atoms with Gasteiger partial charge in [-0.05, 0) is 80.6 Å². The molecule has 0 spiro atoms. The molecule has 4 aliphatic rings. The quantitative estimate of drug-likeness (QED) is 0.246. The van der Waals surface area contributed by atoms with Crippen LogP contribution in [-0.4, -0.2) is 17.8 Å². The van der Waals surface area contributed by atoms with Crippen molar-refractivity contribution in [3.8, 4) is 0 Å². The second kappa shape index (κ2) is 10.6. The second-order valence-electron chi connectivity index (χ2n) is 11.8. The van der Waals surface area contributed by atoms with Crippen LogP contribution in [-0.2, 0) is 14.3 Å². The number of unbranched alkanes of at least 4 members (excludes halogenated alkanes) is 7. The largest absolute Gasteiger partial charge is 0.462 e. The van der Waals surface area contributed by atoms with E-state index in [-0.39, 0.29) is 30.0 Å². The van der Waals surface area contributed by atoms with E-state index in [9.17, 15) is 11.0 Å². The van der Waals surface area contributed by atoms with Gasteiger partial charge in [0.2, 0.25) is 0 Å². The standard InChI is InChI=1S/C30H48O3/c1-4-5-6-7-8-9-10-11-12-28(32)33-27-16-15-25-24-14-13-22-21-23(31)17-19-29(22,2)26(24)18-20-30(25,27)3/h21,24-27H,4-20H2,1-3H3/t24-,25-,26-,27-,29-,30-/m1/s1/i16D2,27D. The number of carbonyl (C=O) groups is 2. The first kappa shape index (κ1) is 21.2. The molecule has 0 aromatic heterocycles. The average Bonchev–Trinajstić information content (AvgIpc) is 2.98. The molecule has 3 nitrogen and oxygen atoms in total. The van der Waals surface area contributed by atoms with E-state index in [1.807, 2.05) is 13.0 Å². The molecule has 0 saturated heterocycles. The van der Waals surface area contributed by atoms with Crippen molar-refractivity contribution in [2.75, 3.05) is 0 Å². The van der Waals surface area contributed by atoms with E-state index in [0.717, 1.165) is 44.9 Å². The van der Waals surface area contributed by atoms with Crippen molar-refractivity contribution in [1.29, 1.82) is 0 Å². The van der Waals surface area contributed by atoms with E-state index in [2.05, 4.69) is 13.8 Å². The van der Waals surface area contributed by atoms with Crippen LogP contribution in [0.25, 0.3) is 0 Å². The molecule has 0 aliphatic heterocycles. The van der Waals surface area contributed by atoms with Crippen molar-refractivity contribution in [2.24, 2.45) is 28.6 Å². The van der Waals surface area contributed by atoms with Crippen molar-refractivity contribution in [2.45, 2.75) is 136 Å². The molecule has 6 atom stereocenters. The Hall–Kier alpha value is -1.12. The predicted octanol–water partition coefficient (Wildman–Crippen LogP) is 7.96. The van der Waals surface area contributed by atoms with Gasteiger partial charge in [-0.3, -0.25) is 9.59 Å². The number of hydrogen-bond donors (Lipinski definition) is 0. The molecule has 0 N–H and O–H groups in total. The molecule has 0 aromatic rings. The van der Waals surface area contributed by atoms with E-state index in [4.69, 9.17) is 7.48 Å². The van der Waals surface area contributed by atoms with Crippen molar-refractivity contribution >= 4 is 11.8 Å². The van der Waals surface area contributed by atoms with Crippen LogP contribution in [0.2, 0.25) is 0 Å². The molecule has 0 amide bonds. The summed E-state index contributed by atoms with van der Waals surface area (Å²) in [5.41, 5.74) is 0.610. The number of ketones is 1. The Morgan fingerprint density at radius 2 is 1.76 bits per heavy atom. The van der Waals surface area contributed by atoms with Crippen LogP contribution in [0.4, 0.5) is 0 Å². The van der Waals surface area contributed by atoms with Gasteiger partial charge in [-0.2, -0.15) is 0 Å². The predicted molar refractivity (Wildman–Crippen MR) is 134 cm³/mol. The van der Waals surface area contributed by atoms with Gasteiger partial charge in [0.1, 0.15) is 6.08 Å². The van der Waals surface area contributed by atoms with Gasteiger partial charge >= 0.3 is 5.97 Å². The zero-order valence-corrected chi connectivity index (χ0v) is 21.3. The summed E-state index contributed by atoms with van der Waals surface area (Å²) in [6.07, 6.45) is 12.8. The topological polar surface area (TPSA) is 43.4 Å². The van der Waals surface area contributed by atoms with Gasteiger partial charge in [0, 0.05) is 21.0 Å². The molecule has 0 radical (unpaired) electrons. The molecular weight excluding hydrogens is 408 g/mol. The summed E-state index contributed by atoms with van der Waals surface area (Å²) in [6, 6.07) is 0. The molecule has 3 heteroatoms. The molecule has 4 aliphatic carbocycles. The van der Waals surface area contributed by atoms with Crippen LogP contribution in [0.1, 0.15) is 134 Å². The van der Waals surface area contributed by atoms with Crippen molar-refractivity contribution in [1.82, 2.24) is 0 Å². The summed E-state index contributed by atoms with van der Waals surface area (Å²) in [5, 5.41) is 0. The Bertz CT molecular complexity index is 870. The fourth-order valence-electron chi connectivity index (χ4n) is 7.66. The number of fused-ring (bicyclic) bond motifs is 5. The van der Waals surface area contributed by atoms with E-state index in [1.54, 1.807) is 0 Å². The Balaban J connectivity index is 1.40. The first-order chi connectivity index (χ1) is 17.0. The lowest BCUT2D eigenvalue weighted by atomic mass is 9.47. The Labute approximate surface area is 206 Å². The fourth-order valence-corrected chi connectivity index (χ4v) is 7.66. The van der Waals surface area contributed by atoms with Crippen LogP contribution >= 0.6 is 0 Å². The Morgan fingerprint density at radius 3 is 2.52 bits per heavy atom. The third kappa shape index (κ3) is 5.13. The maximum atomic E-state index is 12.9. The monoisotopic (exact) mass is 459 g/mol. The highest BCUT2D eigenvalue weighted by molar-refractivity contribution is 5.91. The van der Waals surface area contributed by atoms with Crippen molar-refractivity contribution in [3.05, 3.63) is 11.6 Å². The molecule has 0 heterocycles. The highest BCUT2D eigenvalue weighted by atomic mass is 16.5. The SMILES string of the molecule is [2H]C1([2H])C[C@@H]2[C@H]3CCC4=CC(=O)CC[C@@]4(C)[C@@H]3CC[C@@]2(C)[C@]1([2H])OC(=O)CCCCCCCCCC.